The van der Waals surface area contributed by atoms with Crippen molar-refractivity contribution in [3.05, 3.63) is 28.2 Å². The lowest BCUT2D eigenvalue weighted by molar-refractivity contribution is -0.136. The summed E-state index contributed by atoms with van der Waals surface area (Å²) >= 11 is 12.1. The van der Waals surface area contributed by atoms with Crippen LogP contribution in [0.4, 0.5) is 4.79 Å². The van der Waals surface area contributed by atoms with Crippen molar-refractivity contribution in [3.63, 3.8) is 0 Å². The number of hydrogen-bond acceptors (Lipinski definition) is 4. The van der Waals surface area contributed by atoms with E-state index >= 15 is 0 Å². The number of amides is 2. The highest BCUT2D eigenvalue weighted by molar-refractivity contribution is 6.35. The molecule has 1 aromatic rings. The molecule has 29 heavy (non-hydrogen) atoms. The third-order valence-electron chi connectivity index (χ3n) is 4.55. The summed E-state index contributed by atoms with van der Waals surface area (Å²) in [6.07, 6.45) is 0.748. The second-order valence-electron chi connectivity index (χ2n) is 8.59. The first-order valence-electron chi connectivity index (χ1n) is 9.86. The minimum absolute atomic E-state index is 0.0333. The molecule has 162 valence electrons. The Morgan fingerprint density at radius 3 is 2.31 bits per heavy atom. The summed E-state index contributed by atoms with van der Waals surface area (Å²) in [5.74, 6) is 0.429. The van der Waals surface area contributed by atoms with Gasteiger partial charge in [-0.2, -0.15) is 0 Å². The quantitative estimate of drug-likeness (QED) is 0.699. The fraction of sp³-hybridized carbons (Fsp3) is 0.619. The van der Waals surface area contributed by atoms with Crippen molar-refractivity contribution in [2.45, 2.75) is 65.2 Å². The van der Waals surface area contributed by atoms with Gasteiger partial charge < -0.3 is 19.7 Å². The molecule has 1 heterocycles. The van der Waals surface area contributed by atoms with E-state index in [0.717, 1.165) is 0 Å². The summed E-state index contributed by atoms with van der Waals surface area (Å²) in [6, 6.07) is 4.50. The second kappa shape index (κ2) is 9.90. The van der Waals surface area contributed by atoms with Crippen LogP contribution in [-0.2, 0) is 9.53 Å². The van der Waals surface area contributed by atoms with Crippen LogP contribution in [-0.4, -0.2) is 47.7 Å². The molecule has 2 amide bonds. The van der Waals surface area contributed by atoms with Gasteiger partial charge in [-0.3, -0.25) is 4.79 Å². The van der Waals surface area contributed by atoms with E-state index in [0.29, 0.717) is 41.7 Å². The fourth-order valence-electron chi connectivity index (χ4n) is 3.09. The Morgan fingerprint density at radius 1 is 1.17 bits per heavy atom. The van der Waals surface area contributed by atoms with Gasteiger partial charge in [-0.25, -0.2) is 4.79 Å². The number of carbonyl (C=O) groups is 2. The molecule has 1 N–H and O–H groups in total. The normalized spacial score (nSPS) is 16.5. The maximum Gasteiger partial charge on any atom is 0.408 e. The molecule has 1 aromatic carbocycles. The van der Waals surface area contributed by atoms with Crippen molar-refractivity contribution < 1.29 is 19.1 Å². The third-order valence-corrected chi connectivity index (χ3v) is 5.08. The lowest BCUT2D eigenvalue weighted by Crippen LogP contribution is -2.54. The lowest BCUT2D eigenvalue weighted by atomic mass is 10.0. The first kappa shape index (κ1) is 23.6. The van der Waals surface area contributed by atoms with Crippen LogP contribution in [0.2, 0.25) is 10.0 Å². The summed E-state index contributed by atoms with van der Waals surface area (Å²) in [5.41, 5.74) is -0.618. The molecule has 1 aliphatic rings. The molecule has 0 radical (unpaired) electrons. The number of benzene rings is 1. The van der Waals surface area contributed by atoms with Gasteiger partial charge >= 0.3 is 6.09 Å². The van der Waals surface area contributed by atoms with E-state index in [1.54, 1.807) is 43.9 Å². The van der Waals surface area contributed by atoms with Crippen LogP contribution >= 0.6 is 23.2 Å². The van der Waals surface area contributed by atoms with E-state index in [-0.39, 0.29) is 17.9 Å². The SMILES string of the molecule is CC(C)[C@H](NC(=O)OC(C)(C)C)C(=O)N1CCC(Oc2ccc(Cl)cc2Cl)CC1. The molecule has 0 aliphatic carbocycles. The predicted octanol–water partition coefficient (Wildman–Crippen LogP) is 4.91. The average Bonchev–Trinajstić information content (AvgIpc) is 2.60. The fourth-order valence-corrected chi connectivity index (χ4v) is 3.54. The molecule has 8 heteroatoms. The van der Waals surface area contributed by atoms with Crippen LogP contribution < -0.4 is 10.1 Å². The van der Waals surface area contributed by atoms with Crippen molar-refractivity contribution in [1.82, 2.24) is 10.2 Å². The van der Waals surface area contributed by atoms with Gasteiger partial charge in [-0.05, 0) is 44.9 Å². The molecule has 1 aliphatic heterocycles. The molecule has 1 saturated heterocycles. The second-order valence-corrected chi connectivity index (χ2v) is 9.43. The van der Waals surface area contributed by atoms with Crippen LogP contribution in [0.3, 0.4) is 0 Å². The molecular formula is C21H30Cl2N2O4. The van der Waals surface area contributed by atoms with Crippen LogP contribution in [0.5, 0.6) is 5.75 Å². The highest BCUT2D eigenvalue weighted by Crippen LogP contribution is 2.30. The maximum atomic E-state index is 13.0. The summed E-state index contributed by atoms with van der Waals surface area (Å²) in [7, 11) is 0. The van der Waals surface area contributed by atoms with Gasteiger partial charge in [0.2, 0.25) is 5.91 Å². The van der Waals surface area contributed by atoms with Gasteiger partial charge in [-0.15, -0.1) is 0 Å². The first-order chi connectivity index (χ1) is 13.5. The number of piperidine rings is 1. The Hall–Kier alpha value is -1.66. The lowest BCUT2D eigenvalue weighted by Gasteiger charge is -2.35. The molecular weight excluding hydrogens is 415 g/mol. The molecule has 0 spiro atoms. The third kappa shape index (κ3) is 7.27. The zero-order valence-corrected chi connectivity index (χ0v) is 19.1. The number of carbonyl (C=O) groups excluding carboxylic acids is 2. The zero-order chi connectivity index (χ0) is 21.8. The highest BCUT2D eigenvalue weighted by Gasteiger charge is 2.33. The van der Waals surface area contributed by atoms with Gasteiger partial charge in [-0.1, -0.05) is 37.0 Å². The number of likely N-dealkylation sites (tertiary alicyclic amines) is 1. The van der Waals surface area contributed by atoms with E-state index in [2.05, 4.69) is 5.32 Å². The van der Waals surface area contributed by atoms with Crippen molar-refractivity contribution in [2.75, 3.05) is 13.1 Å². The Bertz CT molecular complexity index is 726. The summed E-state index contributed by atoms with van der Waals surface area (Å²) in [5, 5.41) is 3.75. The zero-order valence-electron chi connectivity index (χ0n) is 17.6. The smallest absolute Gasteiger partial charge is 0.408 e. The minimum atomic E-state index is -0.631. The molecule has 1 fully saturated rings. The largest absolute Gasteiger partial charge is 0.489 e. The Balaban J connectivity index is 1.92. The van der Waals surface area contributed by atoms with Crippen LogP contribution in [0, 0.1) is 5.92 Å². The van der Waals surface area contributed by atoms with Crippen LogP contribution in [0.15, 0.2) is 18.2 Å². The summed E-state index contributed by atoms with van der Waals surface area (Å²) in [6.45, 7) is 10.3. The summed E-state index contributed by atoms with van der Waals surface area (Å²) < 4.78 is 11.3. The van der Waals surface area contributed by atoms with E-state index in [9.17, 15) is 9.59 Å². The predicted molar refractivity (Wildman–Crippen MR) is 115 cm³/mol. The number of ether oxygens (including phenoxy) is 2. The Morgan fingerprint density at radius 2 is 1.79 bits per heavy atom. The molecule has 0 unspecified atom stereocenters. The number of hydrogen-bond donors (Lipinski definition) is 1. The van der Waals surface area contributed by atoms with Gasteiger partial charge in [0.1, 0.15) is 23.5 Å². The van der Waals surface area contributed by atoms with Crippen molar-refractivity contribution in [1.29, 1.82) is 0 Å². The maximum absolute atomic E-state index is 13.0. The van der Waals surface area contributed by atoms with Gasteiger partial charge in [0, 0.05) is 31.0 Å². The molecule has 6 nitrogen and oxygen atoms in total. The van der Waals surface area contributed by atoms with Crippen LogP contribution in [0.25, 0.3) is 0 Å². The number of nitrogens with zero attached hydrogens (tertiary/aromatic N) is 1. The molecule has 2 rings (SSSR count). The Kier molecular flexibility index (Phi) is 8.06. The minimum Gasteiger partial charge on any atom is -0.489 e. The van der Waals surface area contributed by atoms with Crippen molar-refractivity contribution >= 4 is 35.2 Å². The van der Waals surface area contributed by atoms with E-state index in [1.807, 2.05) is 13.8 Å². The monoisotopic (exact) mass is 444 g/mol. The van der Waals surface area contributed by atoms with E-state index < -0.39 is 17.7 Å². The van der Waals surface area contributed by atoms with Gasteiger partial charge in [0.05, 0.1) is 5.02 Å². The molecule has 1 atom stereocenters. The van der Waals surface area contributed by atoms with Gasteiger partial charge in [0.25, 0.3) is 0 Å². The van der Waals surface area contributed by atoms with Crippen molar-refractivity contribution in [3.8, 4) is 5.75 Å². The number of halogens is 2. The Labute approximate surface area is 182 Å². The highest BCUT2D eigenvalue weighted by atomic mass is 35.5. The number of rotatable bonds is 5. The van der Waals surface area contributed by atoms with E-state index in [1.165, 1.54) is 0 Å². The summed E-state index contributed by atoms with van der Waals surface area (Å²) in [4.78, 5) is 26.9. The average molecular weight is 445 g/mol. The van der Waals surface area contributed by atoms with Crippen molar-refractivity contribution in [2.24, 2.45) is 5.92 Å². The number of alkyl carbamates (subject to hydrolysis) is 1. The molecule has 0 bridgehead atoms. The standard InChI is InChI=1S/C21H30Cl2N2O4/c1-13(2)18(24-20(27)29-21(3,4)5)19(26)25-10-8-15(9-11-25)28-17-7-6-14(22)12-16(17)23/h6-7,12-13,15,18H,8-11H2,1-5H3,(H,24,27)/t18-/m0/s1. The first-order valence-corrected chi connectivity index (χ1v) is 10.6. The molecule has 0 saturated carbocycles. The van der Waals surface area contributed by atoms with Crippen LogP contribution in [0.1, 0.15) is 47.5 Å². The van der Waals surface area contributed by atoms with E-state index in [4.69, 9.17) is 32.7 Å². The number of nitrogens with one attached hydrogen (secondary N) is 1. The topological polar surface area (TPSA) is 67.9 Å². The van der Waals surface area contributed by atoms with Gasteiger partial charge in [0.15, 0.2) is 0 Å². The molecule has 0 aromatic heterocycles.